The lowest BCUT2D eigenvalue weighted by atomic mass is 9.82. The normalized spacial score (nSPS) is 41.4. The zero-order chi connectivity index (χ0) is 11.7. The van der Waals surface area contributed by atoms with Gasteiger partial charge in [-0.25, -0.2) is 0 Å². The number of fused-ring (bicyclic) bond motifs is 2. The highest BCUT2D eigenvalue weighted by Gasteiger charge is 2.39. The van der Waals surface area contributed by atoms with Crippen LogP contribution in [0.4, 0.5) is 0 Å². The number of nitrogens with zero attached hydrogens (tertiary/aromatic N) is 1. The van der Waals surface area contributed by atoms with Gasteiger partial charge in [-0.2, -0.15) is 0 Å². The molecule has 1 heterocycles. The van der Waals surface area contributed by atoms with Crippen LogP contribution in [0.25, 0.3) is 0 Å². The predicted octanol–water partition coefficient (Wildman–Crippen LogP) is 1.20. The second kappa shape index (κ2) is 5.04. The Bertz CT molecular complexity index is 303. The van der Waals surface area contributed by atoms with E-state index >= 15 is 0 Å². The SMILES string of the molecule is NCOC1CCCC2N=C3CCCCC3NC21. The van der Waals surface area contributed by atoms with Crippen LogP contribution < -0.4 is 11.1 Å². The topological polar surface area (TPSA) is 59.6 Å². The van der Waals surface area contributed by atoms with Gasteiger partial charge < -0.3 is 15.8 Å². The first-order valence-corrected chi connectivity index (χ1v) is 7.03. The summed E-state index contributed by atoms with van der Waals surface area (Å²) in [5, 5.41) is 3.78. The summed E-state index contributed by atoms with van der Waals surface area (Å²) >= 11 is 0. The van der Waals surface area contributed by atoms with Gasteiger partial charge in [0.2, 0.25) is 0 Å². The highest BCUT2D eigenvalue weighted by atomic mass is 16.5. The van der Waals surface area contributed by atoms with Gasteiger partial charge in [-0.05, 0) is 38.5 Å². The summed E-state index contributed by atoms with van der Waals surface area (Å²) in [4.78, 5) is 4.99. The summed E-state index contributed by atoms with van der Waals surface area (Å²) in [6, 6.07) is 1.36. The van der Waals surface area contributed by atoms with Crippen molar-refractivity contribution in [3.05, 3.63) is 0 Å². The Morgan fingerprint density at radius 1 is 1.24 bits per heavy atom. The average Bonchev–Trinajstić information content (AvgIpc) is 2.37. The van der Waals surface area contributed by atoms with E-state index in [0.29, 0.717) is 24.9 Å². The van der Waals surface area contributed by atoms with Crippen molar-refractivity contribution in [3.8, 4) is 0 Å². The Balaban J connectivity index is 1.76. The van der Waals surface area contributed by atoms with Gasteiger partial charge in [0.1, 0.15) is 0 Å². The number of rotatable bonds is 2. The fourth-order valence-corrected chi connectivity index (χ4v) is 3.58. The van der Waals surface area contributed by atoms with E-state index in [9.17, 15) is 0 Å². The van der Waals surface area contributed by atoms with Gasteiger partial charge in [0.15, 0.2) is 0 Å². The van der Waals surface area contributed by atoms with E-state index in [0.717, 1.165) is 6.42 Å². The lowest BCUT2D eigenvalue weighted by Crippen LogP contribution is -2.60. The molecule has 96 valence electrons. The molecule has 4 nitrogen and oxygen atoms in total. The zero-order valence-corrected chi connectivity index (χ0v) is 10.4. The second-order valence-electron chi connectivity index (χ2n) is 5.48. The van der Waals surface area contributed by atoms with E-state index < -0.39 is 0 Å². The molecular formula is C13H23N3O. The Morgan fingerprint density at radius 3 is 3.06 bits per heavy atom. The van der Waals surface area contributed by atoms with Gasteiger partial charge in [0.25, 0.3) is 0 Å². The van der Waals surface area contributed by atoms with Crippen LogP contribution in [0, 0.1) is 0 Å². The maximum absolute atomic E-state index is 5.68. The minimum atomic E-state index is 0.269. The second-order valence-corrected chi connectivity index (χ2v) is 5.48. The zero-order valence-electron chi connectivity index (χ0n) is 10.4. The number of hydrogen-bond donors (Lipinski definition) is 2. The summed E-state index contributed by atoms with van der Waals surface area (Å²) in [6.07, 6.45) is 8.91. The molecule has 3 N–H and O–H groups in total. The van der Waals surface area contributed by atoms with Gasteiger partial charge in [0, 0.05) is 11.8 Å². The molecule has 4 atom stereocenters. The fourth-order valence-electron chi connectivity index (χ4n) is 3.58. The maximum atomic E-state index is 5.68. The predicted molar refractivity (Wildman–Crippen MR) is 68.2 cm³/mol. The summed E-state index contributed by atoms with van der Waals surface area (Å²) in [6.45, 7) is 0.330. The van der Waals surface area contributed by atoms with E-state index in [1.165, 1.54) is 44.2 Å². The van der Waals surface area contributed by atoms with Crippen molar-refractivity contribution in [1.82, 2.24) is 5.32 Å². The van der Waals surface area contributed by atoms with E-state index in [2.05, 4.69) is 5.32 Å². The monoisotopic (exact) mass is 237 g/mol. The van der Waals surface area contributed by atoms with Crippen LogP contribution in [-0.4, -0.2) is 36.7 Å². The quantitative estimate of drug-likeness (QED) is 0.709. The molecule has 3 aliphatic rings. The van der Waals surface area contributed by atoms with Crippen LogP contribution >= 0.6 is 0 Å². The summed E-state index contributed by atoms with van der Waals surface area (Å²) in [5.74, 6) is 0. The Labute approximate surface area is 103 Å². The first-order chi connectivity index (χ1) is 8.38. The number of ether oxygens (including phenoxy) is 1. The van der Waals surface area contributed by atoms with Gasteiger partial charge in [-0.15, -0.1) is 0 Å². The van der Waals surface area contributed by atoms with Crippen molar-refractivity contribution in [2.75, 3.05) is 6.73 Å². The first kappa shape index (κ1) is 11.6. The van der Waals surface area contributed by atoms with Crippen molar-refractivity contribution in [2.24, 2.45) is 10.7 Å². The highest BCUT2D eigenvalue weighted by molar-refractivity contribution is 5.91. The summed E-state index contributed by atoms with van der Waals surface area (Å²) in [5.41, 5.74) is 6.95. The molecule has 2 aliphatic carbocycles. The van der Waals surface area contributed by atoms with E-state index in [4.69, 9.17) is 15.5 Å². The summed E-state index contributed by atoms with van der Waals surface area (Å²) < 4.78 is 5.68. The van der Waals surface area contributed by atoms with Crippen molar-refractivity contribution in [1.29, 1.82) is 0 Å². The van der Waals surface area contributed by atoms with Crippen LogP contribution in [0.5, 0.6) is 0 Å². The Morgan fingerprint density at radius 2 is 2.18 bits per heavy atom. The van der Waals surface area contributed by atoms with Crippen LogP contribution in [0.2, 0.25) is 0 Å². The van der Waals surface area contributed by atoms with E-state index in [1.54, 1.807) is 0 Å². The van der Waals surface area contributed by atoms with E-state index in [-0.39, 0.29) is 6.10 Å². The lowest BCUT2D eigenvalue weighted by molar-refractivity contribution is -0.00164. The standard InChI is InChI=1S/C13H23N3O/c14-8-17-12-7-3-6-11-13(12)16-10-5-2-1-4-9(10)15-11/h10-13,16H,1-8,14H2. The van der Waals surface area contributed by atoms with Gasteiger partial charge in [-0.3, -0.25) is 4.99 Å². The molecule has 0 aromatic heterocycles. The number of nitrogens with two attached hydrogens (primary N) is 1. The molecule has 0 radical (unpaired) electrons. The summed E-state index contributed by atoms with van der Waals surface area (Å²) in [7, 11) is 0. The first-order valence-electron chi connectivity index (χ1n) is 7.03. The molecule has 3 rings (SSSR count). The molecular weight excluding hydrogens is 214 g/mol. The number of hydrogen-bond acceptors (Lipinski definition) is 4. The molecule has 0 aromatic carbocycles. The highest BCUT2D eigenvalue weighted by Crippen LogP contribution is 2.30. The minimum Gasteiger partial charge on any atom is -0.362 e. The number of nitrogens with one attached hydrogen (secondary N) is 1. The van der Waals surface area contributed by atoms with Gasteiger partial charge in [0.05, 0.1) is 24.9 Å². The Hall–Kier alpha value is -0.450. The van der Waals surface area contributed by atoms with Crippen molar-refractivity contribution in [3.63, 3.8) is 0 Å². The average molecular weight is 237 g/mol. The molecule has 0 spiro atoms. The third kappa shape index (κ3) is 2.26. The van der Waals surface area contributed by atoms with Gasteiger partial charge in [-0.1, -0.05) is 6.42 Å². The fraction of sp³-hybridized carbons (Fsp3) is 0.923. The van der Waals surface area contributed by atoms with Crippen molar-refractivity contribution < 1.29 is 4.74 Å². The molecule has 0 saturated heterocycles. The third-order valence-electron chi connectivity index (χ3n) is 4.42. The molecule has 0 amide bonds. The maximum Gasteiger partial charge on any atom is 0.0944 e. The molecule has 17 heavy (non-hydrogen) atoms. The molecule has 4 heteroatoms. The molecule has 2 fully saturated rings. The largest absolute Gasteiger partial charge is 0.362 e. The van der Waals surface area contributed by atoms with Crippen LogP contribution in [0.3, 0.4) is 0 Å². The minimum absolute atomic E-state index is 0.269. The van der Waals surface area contributed by atoms with Crippen LogP contribution in [-0.2, 0) is 4.74 Å². The molecule has 0 bridgehead atoms. The lowest BCUT2D eigenvalue weighted by Gasteiger charge is -2.44. The third-order valence-corrected chi connectivity index (χ3v) is 4.42. The van der Waals surface area contributed by atoms with Crippen molar-refractivity contribution in [2.45, 2.75) is 69.2 Å². The Kier molecular flexibility index (Phi) is 3.45. The van der Waals surface area contributed by atoms with Crippen molar-refractivity contribution >= 4 is 5.71 Å². The van der Waals surface area contributed by atoms with Crippen LogP contribution in [0.15, 0.2) is 4.99 Å². The molecule has 0 aromatic rings. The molecule has 2 saturated carbocycles. The number of aliphatic imine (C=N–C) groups is 1. The van der Waals surface area contributed by atoms with Gasteiger partial charge >= 0.3 is 0 Å². The van der Waals surface area contributed by atoms with Crippen LogP contribution in [0.1, 0.15) is 44.9 Å². The smallest absolute Gasteiger partial charge is 0.0944 e. The molecule has 1 aliphatic heterocycles. The van der Waals surface area contributed by atoms with E-state index in [1.807, 2.05) is 0 Å². The molecule has 4 unspecified atom stereocenters.